The number of nitrogens with one attached hydrogen (secondary N) is 2. The summed E-state index contributed by atoms with van der Waals surface area (Å²) < 4.78 is 6.85. The second-order valence-electron chi connectivity index (χ2n) is 6.47. The maximum atomic E-state index is 12.3. The van der Waals surface area contributed by atoms with Crippen molar-refractivity contribution in [3.05, 3.63) is 33.5 Å². The zero-order chi connectivity index (χ0) is 18.7. The van der Waals surface area contributed by atoms with Crippen LogP contribution in [-0.2, 0) is 31.2 Å². The van der Waals surface area contributed by atoms with Gasteiger partial charge in [-0.3, -0.25) is 4.68 Å². The zero-order valence-corrected chi connectivity index (χ0v) is 17.0. The molecule has 0 fully saturated rings. The Morgan fingerprint density at radius 3 is 2.85 bits per heavy atom. The van der Waals surface area contributed by atoms with Gasteiger partial charge in [-0.1, -0.05) is 6.42 Å². The summed E-state index contributed by atoms with van der Waals surface area (Å²) in [5.41, 5.74) is 3.79. The van der Waals surface area contributed by atoms with Crippen LogP contribution in [0.5, 0.6) is 0 Å². The Morgan fingerprint density at radius 2 is 2.15 bits per heavy atom. The lowest BCUT2D eigenvalue weighted by Gasteiger charge is -2.10. The predicted octanol–water partition coefficient (Wildman–Crippen LogP) is 3.33. The summed E-state index contributed by atoms with van der Waals surface area (Å²) in [4.78, 5) is 13.6. The Labute approximate surface area is 162 Å². The highest BCUT2D eigenvalue weighted by Gasteiger charge is 2.25. The van der Waals surface area contributed by atoms with Crippen LogP contribution in [0.25, 0.3) is 0 Å². The molecule has 26 heavy (non-hydrogen) atoms. The predicted molar refractivity (Wildman–Crippen MR) is 108 cm³/mol. The molecule has 0 amide bonds. The topological polar surface area (TPSA) is 68.2 Å². The number of ether oxygens (including phenoxy) is 1. The zero-order valence-electron chi connectivity index (χ0n) is 15.3. The van der Waals surface area contributed by atoms with Crippen LogP contribution in [0, 0.1) is 6.92 Å². The second kappa shape index (κ2) is 8.18. The number of hydrogen-bond acceptors (Lipinski definition) is 5. The normalized spacial score (nSPS) is 13.7. The quantitative estimate of drug-likeness (QED) is 0.473. The fourth-order valence-electron chi connectivity index (χ4n) is 3.19. The van der Waals surface area contributed by atoms with Crippen LogP contribution < -0.4 is 10.6 Å². The van der Waals surface area contributed by atoms with Crippen molar-refractivity contribution < 1.29 is 9.53 Å². The van der Waals surface area contributed by atoms with Gasteiger partial charge < -0.3 is 15.4 Å². The van der Waals surface area contributed by atoms with E-state index in [0.29, 0.717) is 17.2 Å². The van der Waals surface area contributed by atoms with Gasteiger partial charge in [0.2, 0.25) is 0 Å². The SMILES string of the molecule is COC(=O)c1c(NC(=S)NCc2cc(C)n(C)n2)sc2c1CCCCC2. The first-order valence-corrected chi connectivity index (χ1v) is 9.99. The average molecular weight is 393 g/mol. The van der Waals surface area contributed by atoms with Gasteiger partial charge >= 0.3 is 5.97 Å². The van der Waals surface area contributed by atoms with E-state index in [1.165, 1.54) is 18.4 Å². The minimum absolute atomic E-state index is 0.296. The molecule has 6 nitrogen and oxygen atoms in total. The van der Waals surface area contributed by atoms with E-state index in [1.54, 1.807) is 11.3 Å². The molecule has 2 aromatic rings. The van der Waals surface area contributed by atoms with Crippen LogP contribution in [0.1, 0.15) is 51.4 Å². The Bertz CT molecular complexity index is 806. The number of fused-ring (bicyclic) bond motifs is 1. The molecule has 0 aromatic carbocycles. The fourth-order valence-corrected chi connectivity index (χ4v) is 4.71. The number of methoxy groups -OCH3 is 1. The van der Waals surface area contributed by atoms with Gasteiger partial charge in [0.15, 0.2) is 5.11 Å². The lowest BCUT2D eigenvalue weighted by atomic mass is 10.1. The van der Waals surface area contributed by atoms with Gasteiger partial charge in [-0.2, -0.15) is 5.10 Å². The van der Waals surface area contributed by atoms with Crippen molar-refractivity contribution in [2.75, 3.05) is 12.4 Å². The molecule has 1 aliphatic rings. The molecule has 1 aliphatic carbocycles. The number of aryl methyl sites for hydroxylation is 3. The number of thiophene rings is 1. The molecule has 0 saturated heterocycles. The first-order chi connectivity index (χ1) is 12.5. The third kappa shape index (κ3) is 4.07. The summed E-state index contributed by atoms with van der Waals surface area (Å²) in [6.07, 6.45) is 5.41. The Hall–Kier alpha value is -1.93. The van der Waals surface area contributed by atoms with Crippen LogP contribution >= 0.6 is 23.6 Å². The van der Waals surface area contributed by atoms with Crippen molar-refractivity contribution >= 4 is 39.6 Å². The number of aromatic nitrogens is 2. The maximum absolute atomic E-state index is 12.3. The molecule has 0 aliphatic heterocycles. The largest absolute Gasteiger partial charge is 0.465 e. The first kappa shape index (κ1) is 18.8. The average Bonchev–Trinajstić information content (AvgIpc) is 3.02. The van der Waals surface area contributed by atoms with Crippen molar-refractivity contribution in [3.63, 3.8) is 0 Å². The van der Waals surface area contributed by atoms with Gasteiger partial charge in [0, 0.05) is 17.6 Å². The number of thiocarbonyl (C=S) groups is 1. The molecule has 140 valence electrons. The fraction of sp³-hybridized carbons (Fsp3) is 0.500. The molecular formula is C18H24N4O2S2. The number of esters is 1. The molecule has 0 bridgehead atoms. The monoisotopic (exact) mass is 392 g/mol. The van der Waals surface area contributed by atoms with Crippen LogP contribution in [0.3, 0.4) is 0 Å². The lowest BCUT2D eigenvalue weighted by molar-refractivity contribution is 0.0601. The van der Waals surface area contributed by atoms with Crippen LogP contribution in [0.2, 0.25) is 0 Å². The van der Waals surface area contributed by atoms with Crippen molar-refractivity contribution in [3.8, 4) is 0 Å². The number of carbonyl (C=O) groups is 1. The second-order valence-corrected chi connectivity index (χ2v) is 7.98. The highest BCUT2D eigenvalue weighted by Crippen LogP contribution is 2.37. The maximum Gasteiger partial charge on any atom is 0.341 e. The highest BCUT2D eigenvalue weighted by molar-refractivity contribution is 7.80. The van der Waals surface area contributed by atoms with E-state index in [1.807, 2.05) is 24.7 Å². The molecule has 0 spiro atoms. The van der Waals surface area contributed by atoms with Gasteiger partial charge in [0.25, 0.3) is 0 Å². The van der Waals surface area contributed by atoms with Crippen molar-refractivity contribution in [1.82, 2.24) is 15.1 Å². The number of carbonyl (C=O) groups excluding carboxylic acids is 1. The summed E-state index contributed by atoms with van der Waals surface area (Å²) in [7, 11) is 3.34. The van der Waals surface area contributed by atoms with E-state index in [-0.39, 0.29) is 5.97 Å². The van der Waals surface area contributed by atoms with Gasteiger partial charge in [0.1, 0.15) is 5.00 Å². The summed E-state index contributed by atoms with van der Waals surface area (Å²) in [6.45, 7) is 2.54. The van der Waals surface area contributed by atoms with E-state index < -0.39 is 0 Å². The number of nitrogens with zero attached hydrogens (tertiary/aromatic N) is 2. The third-order valence-electron chi connectivity index (χ3n) is 4.63. The minimum Gasteiger partial charge on any atom is -0.465 e. The third-order valence-corrected chi connectivity index (χ3v) is 6.09. The minimum atomic E-state index is -0.296. The van der Waals surface area contributed by atoms with E-state index in [4.69, 9.17) is 17.0 Å². The van der Waals surface area contributed by atoms with E-state index in [2.05, 4.69) is 15.7 Å². The van der Waals surface area contributed by atoms with E-state index in [9.17, 15) is 4.79 Å². The first-order valence-electron chi connectivity index (χ1n) is 8.76. The molecule has 2 heterocycles. The van der Waals surface area contributed by atoms with Gasteiger partial charge in [-0.25, -0.2) is 4.79 Å². The van der Waals surface area contributed by atoms with Gasteiger partial charge in [0.05, 0.1) is 24.9 Å². The van der Waals surface area contributed by atoms with Crippen molar-refractivity contribution in [2.45, 2.75) is 45.6 Å². The number of anilines is 1. The van der Waals surface area contributed by atoms with Crippen molar-refractivity contribution in [1.29, 1.82) is 0 Å². The highest BCUT2D eigenvalue weighted by atomic mass is 32.1. The number of rotatable bonds is 4. The molecule has 0 atom stereocenters. The molecule has 2 aromatic heterocycles. The summed E-state index contributed by atoms with van der Waals surface area (Å²) in [6, 6.07) is 2.02. The van der Waals surface area contributed by atoms with Crippen LogP contribution in [-0.4, -0.2) is 28.0 Å². The standard InChI is InChI=1S/C18H24N4O2S2/c1-11-9-12(21-22(11)2)10-19-18(25)20-16-15(17(23)24-3)13-7-5-4-6-8-14(13)26-16/h9H,4-8,10H2,1-3H3,(H2,19,20,25). The smallest absolute Gasteiger partial charge is 0.341 e. The Balaban J connectivity index is 1.73. The lowest BCUT2D eigenvalue weighted by Crippen LogP contribution is -2.28. The number of hydrogen-bond donors (Lipinski definition) is 2. The summed E-state index contributed by atoms with van der Waals surface area (Å²) >= 11 is 7.04. The molecule has 0 radical (unpaired) electrons. The molecule has 0 saturated carbocycles. The van der Waals surface area contributed by atoms with Crippen LogP contribution in [0.15, 0.2) is 6.07 Å². The van der Waals surface area contributed by atoms with Crippen molar-refractivity contribution in [2.24, 2.45) is 7.05 Å². The molecule has 0 unspecified atom stereocenters. The van der Waals surface area contributed by atoms with Crippen LogP contribution in [0.4, 0.5) is 5.00 Å². The van der Waals surface area contributed by atoms with E-state index >= 15 is 0 Å². The van der Waals surface area contributed by atoms with Gasteiger partial charge in [-0.15, -0.1) is 11.3 Å². The summed E-state index contributed by atoms with van der Waals surface area (Å²) in [5.74, 6) is -0.296. The van der Waals surface area contributed by atoms with E-state index in [0.717, 1.165) is 47.6 Å². The molecule has 2 N–H and O–H groups in total. The molecule has 3 rings (SSSR count). The molecule has 8 heteroatoms. The Morgan fingerprint density at radius 1 is 1.38 bits per heavy atom. The summed E-state index contributed by atoms with van der Waals surface area (Å²) in [5, 5.41) is 12.0. The van der Waals surface area contributed by atoms with Gasteiger partial charge in [-0.05, 0) is 56.5 Å². The molecular weight excluding hydrogens is 368 g/mol. The Kier molecular flexibility index (Phi) is 5.93.